The highest BCUT2D eigenvalue weighted by Crippen LogP contribution is 2.39. The van der Waals surface area contributed by atoms with Crippen LogP contribution < -0.4 is 4.90 Å². The van der Waals surface area contributed by atoms with E-state index < -0.39 is 29.0 Å². The number of alkyl halides is 6. The number of nitrogens with zero attached hydrogens (tertiary/aromatic N) is 2. The van der Waals surface area contributed by atoms with Gasteiger partial charge in [0.1, 0.15) is 5.82 Å². The maximum Gasteiger partial charge on any atom is 0.416 e. The van der Waals surface area contributed by atoms with Crippen LogP contribution in [0.2, 0.25) is 0 Å². The molecule has 1 fully saturated rings. The number of hydrogen-bond donors (Lipinski definition) is 0. The largest absolute Gasteiger partial charge is 0.416 e. The fraction of sp³-hybridized carbons (Fsp3) is 0.333. The van der Waals surface area contributed by atoms with Crippen molar-refractivity contribution in [2.45, 2.75) is 31.2 Å². The minimum Gasteiger partial charge on any atom is -0.369 e. The molecular weight excluding hydrogens is 485 g/mol. The van der Waals surface area contributed by atoms with E-state index in [-0.39, 0.29) is 23.9 Å². The fourth-order valence-electron chi connectivity index (χ4n) is 4.82. The number of hydrogen-bond acceptors (Lipinski definition) is 2. The van der Waals surface area contributed by atoms with Gasteiger partial charge in [-0.3, -0.25) is 4.90 Å². The van der Waals surface area contributed by atoms with E-state index in [2.05, 4.69) is 9.80 Å². The van der Waals surface area contributed by atoms with Gasteiger partial charge in [-0.25, -0.2) is 4.39 Å². The molecule has 0 radical (unpaired) electrons. The number of halogens is 7. The SMILES string of the molecule is CC(Cc1cc(C(F)(F)F)cc(C(F)(F)F)c1)(c1ccccc1)N1CCN(c2ccc(F)cc2)CC1. The molecule has 4 rings (SSSR count). The van der Waals surface area contributed by atoms with Gasteiger partial charge in [0, 0.05) is 37.4 Å². The summed E-state index contributed by atoms with van der Waals surface area (Å²) in [5.41, 5.74) is -1.88. The first-order chi connectivity index (χ1) is 16.9. The van der Waals surface area contributed by atoms with E-state index in [1.807, 2.05) is 25.1 Å². The zero-order valence-corrected chi connectivity index (χ0v) is 19.5. The molecule has 0 aromatic heterocycles. The van der Waals surface area contributed by atoms with Crippen molar-refractivity contribution in [2.24, 2.45) is 0 Å². The molecule has 0 N–H and O–H groups in total. The van der Waals surface area contributed by atoms with E-state index in [0.717, 1.165) is 23.4 Å². The van der Waals surface area contributed by atoms with Crippen LogP contribution in [0.1, 0.15) is 29.2 Å². The molecule has 0 aliphatic carbocycles. The van der Waals surface area contributed by atoms with Crippen LogP contribution >= 0.6 is 0 Å². The summed E-state index contributed by atoms with van der Waals surface area (Å²) in [5, 5.41) is 0. The van der Waals surface area contributed by atoms with Gasteiger partial charge in [0.2, 0.25) is 0 Å². The van der Waals surface area contributed by atoms with Crippen molar-refractivity contribution in [3.8, 4) is 0 Å². The van der Waals surface area contributed by atoms with Crippen LogP contribution in [-0.4, -0.2) is 31.1 Å². The van der Waals surface area contributed by atoms with Gasteiger partial charge in [0.15, 0.2) is 0 Å². The lowest BCUT2D eigenvalue weighted by molar-refractivity contribution is -0.143. The molecule has 1 saturated heterocycles. The van der Waals surface area contributed by atoms with E-state index in [1.54, 1.807) is 24.3 Å². The second-order valence-electron chi connectivity index (χ2n) is 9.18. The van der Waals surface area contributed by atoms with E-state index in [9.17, 15) is 30.7 Å². The Morgan fingerprint density at radius 2 is 1.19 bits per heavy atom. The Balaban J connectivity index is 1.67. The minimum atomic E-state index is -4.90. The smallest absolute Gasteiger partial charge is 0.369 e. The lowest BCUT2D eigenvalue weighted by atomic mass is 9.82. The maximum atomic E-state index is 13.5. The second kappa shape index (κ2) is 9.76. The average molecular weight is 510 g/mol. The Bertz CT molecular complexity index is 1130. The predicted molar refractivity (Wildman–Crippen MR) is 124 cm³/mol. The van der Waals surface area contributed by atoms with Crippen LogP contribution in [0.3, 0.4) is 0 Å². The van der Waals surface area contributed by atoms with Crippen LogP contribution in [0.15, 0.2) is 72.8 Å². The Morgan fingerprint density at radius 1 is 0.667 bits per heavy atom. The molecule has 1 atom stereocenters. The molecule has 1 heterocycles. The van der Waals surface area contributed by atoms with Crippen molar-refractivity contribution >= 4 is 5.69 Å². The Labute approximate surface area is 205 Å². The summed E-state index contributed by atoms with van der Waals surface area (Å²) < 4.78 is 94.1. The van der Waals surface area contributed by atoms with E-state index in [1.165, 1.54) is 12.1 Å². The van der Waals surface area contributed by atoms with Crippen molar-refractivity contribution in [3.63, 3.8) is 0 Å². The molecule has 0 saturated carbocycles. The molecule has 0 amide bonds. The number of piperazine rings is 1. The zero-order valence-electron chi connectivity index (χ0n) is 19.5. The van der Waals surface area contributed by atoms with Crippen LogP contribution in [0, 0.1) is 5.82 Å². The van der Waals surface area contributed by atoms with Crippen LogP contribution in [0.5, 0.6) is 0 Å². The highest BCUT2D eigenvalue weighted by molar-refractivity contribution is 5.47. The lowest BCUT2D eigenvalue weighted by Gasteiger charge is -2.47. The number of rotatable bonds is 5. The van der Waals surface area contributed by atoms with Gasteiger partial charge < -0.3 is 4.90 Å². The van der Waals surface area contributed by atoms with Crippen molar-refractivity contribution in [3.05, 3.63) is 101 Å². The van der Waals surface area contributed by atoms with Gasteiger partial charge >= 0.3 is 12.4 Å². The number of benzene rings is 3. The monoisotopic (exact) mass is 510 g/mol. The molecule has 0 bridgehead atoms. The summed E-state index contributed by atoms with van der Waals surface area (Å²) in [5.74, 6) is -0.339. The third-order valence-corrected chi connectivity index (χ3v) is 6.76. The van der Waals surface area contributed by atoms with Gasteiger partial charge in [0.05, 0.1) is 11.1 Å². The molecule has 9 heteroatoms. The first-order valence-corrected chi connectivity index (χ1v) is 11.5. The molecule has 192 valence electrons. The summed E-state index contributed by atoms with van der Waals surface area (Å²) in [6.07, 6.45) is -9.85. The normalized spacial score (nSPS) is 17.2. The standard InChI is InChI=1S/C27H25F7N2/c1-25(20-5-3-2-4-6-20,36-13-11-35(12-14-36)24-9-7-23(28)8-10-24)18-19-15-21(26(29,30)31)17-22(16-19)27(32,33)34/h2-10,15-17H,11-14,18H2,1H3. The fourth-order valence-corrected chi connectivity index (χ4v) is 4.82. The average Bonchev–Trinajstić information content (AvgIpc) is 2.84. The van der Waals surface area contributed by atoms with Gasteiger partial charge in [0.25, 0.3) is 0 Å². The quantitative estimate of drug-likeness (QED) is 0.337. The van der Waals surface area contributed by atoms with Crippen LogP contribution in [-0.2, 0) is 24.3 Å². The Morgan fingerprint density at radius 3 is 1.69 bits per heavy atom. The highest BCUT2D eigenvalue weighted by atomic mass is 19.4. The van der Waals surface area contributed by atoms with Crippen molar-refractivity contribution < 1.29 is 30.7 Å². The molecule has 1 aliphatic rings. The van der Waals surface area contributed by atoms with Crippen molar-refractivity contribution in [1.29, 1.82) is 0 Å². The second-order valence-corrected chi connectivity index (χ2v) is 9.18. The first kappa shape index (κ1) is 26.0. The van der Waals surface area contributed by atoms with E-state index >= 15 is 0 Å². The van der Waals surface area contributed by atoms with Gasteiger partial charge in [-0.15, -0.1) is 0 Å². The van der Waals surface area contributed by atoms with Gasteiger partial charge in [-0.1, -0.05) is 30.3 Å². The predicted octanol–water partition coefficient (Wildman–Crippen LogP) is 7.14. The summed E-state index contributed by atoms with van der Waals surface area (Å²) in [6, 6.07) is 17.0. The van der Waals surface area contributed by atoms with Crippen LogP contribution in [0.25, 0.3) is 0 Å². The van der Waals surface area contributed by atoms with Crippen LogP contribution in [0.4, 0.5) is 36.4 Å². The molecule has 3 aromatic carbocycles. The molecule has 36 heavy (non-hydrogen) atoms. The maximum absolute atomic E-state index is 13.5. The third kappa shape index (κ3) is 5.67. The Hall–Kier alpha value is -3.07. The zero-order chi connectivity index (χ0) is 26.1. The summed E-state index contributed by atoms with van der Waals surface area (Å²) in [4.78, 5) is 4.17. The minimum absolute atomic E-state index is 0.0375. The molecule has 2 nitrogen and oxygen atoms in total. The van der Waals surface area contributed by atoms with Crippen molar-refractivity contribution in [1.82, 2.24) is 4.90 Å². The summed E-state index contributed by atoms with van der Waals surface area (Å²) in [6.45, 7) is 4.04. The Kier molecular flexibility index (Phi) is 7.05. The summed E-state index contributed by atoms with van der Waals surface area (Å²) in [7, 11) is 0. The highest BCUT2D eigenvalue weighted by Gasteiger charge is 2.40. The van der Waals surface area contributed by atoms with E-state index in [4.69, 9.17) is 0 Å². The molecular formula is C27H25F7N2. The van der Waals surface area contributed by atoms with Gasteiger partial charge in [-0.05, 0) is 66.9 Å². The lowest BCUT2D eigenvalue weighted by Crippen LogP contribution is -2.55. The molecule has 1 aliphatic heterocycles. The summed E-state index contributed by atoms with van der Waals surface area (Å²) >= 11 is 0. The van der Waals surface area contributed by atoms with E-state index in [0.29, 0.717) is 26.2 Å². The van der Waals surface area contributed by atoms with Crippen molar-refractivity contribution in [2.75, 3.05) is 31.1 Å². The number of anilines is 1. The molecule has 1 unspecified atom stereocenters. The topological polar surface area (TPSA) is 6.48 Å². The molecule has 3 aromatic rings. The van der Waals surface area contributed by atoms with Gasteiger partial charge in [-0.2, -0.15) is 26.3 Å². The third-order valence-electron chi connectivity index (χ3n) is 6.76. The first-order valence-electron chi connectivity index (χ1n) is 11.5. The molecule has 0 spiro atoms.